The molecule has 6 heteroatoms. The highest BCUT2D eigenvalue weighted by molar-refractivity contribution is 6.30. The Morgan fingerprint density at radius 2 is 1.72 bits per heavy atom. The number of halogens is 1. The fourth-order valence-electron chi connectivity index (χ4n) is 2.87. The summed E-state index contributed by atoms with van der Waals surface area (Å²) in [6.45, 7) is 2.32. The maximum Gasteiger partial charge on any atom is 0.142 e. The van der Waals surface area contributed by atoms with Crippen LogP contribution < -0.4 is 5.32 Å². The largest absolute Gasteiger partial charge is 0.391 e. The lowest BCUT2D eigenvalue weighted by Crippen LogP contribution is -1.99. The molecule has 1 N–H and O–H groups in total. The predicted molar refractivity (Wildman–Crippen MR) is 118 cm³/mol. The third-order valence-electron chi connectivity index (χ3n) is 4.45. The Morgan fingerprint density at radius 1 is 0.966 bits per heavy atom. The third kappa shape index (κ3) is 4.70. The summed E-state index contributed by atoms with van der Waals surface area (Å²) in [7, 11) is 0. The topological polar surface area (TPSA) is 59.4 Å². The molecule has 5 nitrogen and oxygen atoms in total. The monoisotopic (exact) mass is 402 g/mol. The number of fused-ring (bicyclic) bond motifs is 1. The van der Waals surface area contributed by atoms with Crippen LogP contribution in [0.2, 0.25) is 5.02 Å². The lowest BCUT2D eigenvalue weighted by molar-refractivity contribution is 0.130. The Balaban J connectivity index is 1.42. The van der Waals surface area contributed by atoms with Crippen molar-refractivity contribution >= 4 is 39.7 Å². The van der Waals surface area contributed by atoms with E-state index in [4.69, 9.17) is 16.4 Å². The van der Waals surface area contributed by atoms with Crippen molar-refractivity contribution in [1.29, 1.82) is 0 Å². The number of rotatable bonds is 6. The van der Waals surface area contributed by atoms with E-state index in [1.807, 2.05) is 79.7 Å². The second-order valence-electron chi connectivity index (χ2n) is 6.52. The van der Waals surface area contributed by atoms with Gasteiger partial charge in [0.15, 0.2) is 0 Å². The van der Waals surface area contributed by atoms with Crippen LogP contribution in [0.25, 0.3) is 10.9 Å². The number of hydrogen-bond acceptors (Lipinski definition) is 5. The maximum absolute atomic E-state index is 5.89. The molecule has 0 unspecified atom stereocenters. The van der Waals surface area contributed by atoms with Crippen molar-refractivity contribution in [3.8, 4) is 0 Å². The van der Waals surface area contributed by atoms with Gasteiger partial charge in [0.25, 0.3) is 0 Å². The van der Waals surface area contributed by atoms with Crippen LogP contribution in [0.3, 0.4) is 0 Å². The number of anilines is 2. The molecule has 144 valence electrons. The molecule has 4 aromatic rings. The molecule has 0 saturated carbocycles. The molecule has 0 aliphatic carbocycles. The zero-order chi connectivity index (χ0) is 20.1. The Bertz CT molecular complexity index is 1140. The minimum Gasteiger partial charge on any atom is -0.391 e. The summed E-state index contributed by atoms with van der Waals surface area (Å²) < 4.78 is 0. The first-order valence-corrected chi connectivity index (χ1v) is 9.55. The van der Waals surface area contributed by atoms with Gasteiger partial charge in [-0.25, -0.2) is 9.97 Å². The number of para-hydroxylation sites is 1. The summed E-state index contributed by atoms with van der Waals surface area (Å²) in [4.78, 5) is 14.1. The van der Waals surface area contributed by atoms with Gasteiger partial charge in [-0.1, -0.05) is 53.2 Å². The molecule has 0 atom stereocenters. The van der Waals surface area contributed by atoms with Crippen LogP contribution in [0.1, 0.15) is 18.1 Å². The Kier molecular flexibility index (Phi) is 5.68. The average molecular weight is 403 g/mol. The minimum atomic E-state index is 0.398. The molecule has 0 aliphatic heterocycles. The van der Waals surface area contributed by atoms with Gasteiger partial charge in [0.1, 0.15) is 18.8 Å². The lowest BCUT2D eigenvalue weighted by Gasteiger charge is -2.09. The van der Waals surface area contributed by atoms with E-state index in [-0.39, 0.29) is 0 Å². The highest BCUT2D eigenvalue weighted by atomic mass is 35.5. The van der Waals surface area contributed by atoms with Gasteiger partial charge in [0.2, 0.25) is 0 Å². The summed E-state index contributed by atoms with van der Waals surface area (Å²) in [5, 5.41) is 9.24. The van der Waals surface area contributed by atoms with Crippen molar-refractivity contribution in [1.82, 2.24) is 9.97 Å². The van der Waals surface area contributed by atoms with E-state index in [0.29, 0.717) is 11.6 Å². The smallest absolute Gasteiger partial charge is 0.142 e. The van der Waals surface area contributed by atoms with E-state index in [0.717, 1.165) is 39.2 Å². The first-order chi connectivity index (χ1) is 14.2. The number of benzene rings is 3. The summed E-state index contributed by atoms with van der Waals surface area (Å²) in [6, 6.07) is 23.4. The van der Waals surface area contributed by atoms with Gasteiger partial charge in [0, 0.05) is 16.1 Å². The number of nitrogens with zero attached hydrogens (tertiary/aromatic N) is 3. The molecule has 0 aliphatic rings. The second kappa shape index (κ2) is 8.71. The molecule has 0 saturated heterocycles. The van der Waals surface area contributed by atoms with Crippen LogP contribution in [-0.4, -0.2) is 15.7 Å². The highest BCUT2D eigenvalue weighted by Crippen LogP contribution is 2.23. The molecular weight excluding hydrogens is 384 g/mol. The molecule has 0 bridgehead atoms. The number of hydrogen-bond donors (Lipinski definition) is 1. The van der Waals surface area contributed by atoms with E-state index in [1.165, 1.54) is 0 Å². The molecule has 4 rings (SSSR count). The van der Waals surface area contributed by atoms with Gasteiger partial charge in [-0.15, -0.1) is 0 Å². The molecule has 0 amide bonds. The molecule has 0 spiro atoms. The Morgan fingerprint density at radius 3 is 2.52 bits per heavy atom. The molecule has 0 fully saturated rings. The van der Waals surface area contributed by atoms with E-state index in [1.54, 1.807) is 6.33 Å². The van der Waals surface area contributed by atoms with E-state index in [9.17, 15) is 0 Å². The molecule has 1 aromatic heterocycles. The van der Waals surface area contributed by atoms with Crippen molar-refractivity contribution < 1.29 is 4.84 Å². The van der Waals surface area contributed by atoms with Crippen molar-refractivity contribution in [3.63, 3.8) is 0 Å². The van der Waals surface area contributed by atoms with Crippen molar-refractivity contribution in [2.45, 2.75) is 13.5 Å². The standard InChI is InChI=1S/C23H19ClN4O/c1-16(28-29-14-17-6-10-19(24)11-7-17)18-8-12-20(13-9-18)27-23-21-4-2-3-5-22(21)25-15-26-23/h2-13,15H,14H2,1H3,(H,25,26,27). The van der Waals surface area contributed by atoms with Gasteiger partial charge < -0.3 is 10.2 Å². The van der Waals surface area contributed by atoms with Crippen LogP contribution in [0.15, 0.2) is 84.3 Å². The molecule has 3 aromatic carbocycles. The minimum absolute atomic E-state index is 0.398. The third-order valence-corrected chi connectivity index (χ3v) is 4.71. The van der Waals surface area contributed by atoms with Gasteiger partial charge >= 0.3 is 0 Å². The SMILES string of the molecule is CC(=NOCc1ccc(Cl)cc1)c1ccc(Nc2ncnc3ccccc23)cc1. The van der Waals surface area contributed by atoms with Gasteiger partial charge in [-0.2, -0.15) is 0 Å². The molecule has 29 heavy (non-hydrogen) atoms. The van der Waals surface area contributed by atoms with Crippen molar-refractivity contribution in [3.05, 3.63) is 95.3 Å². The fourth-order valence-corrected chi connectivity index (χ4v) is 3.00. The van der Waals surface area contributed by atoms with Crippen molar-refractivity contribution in [2.24, 2.45) is 5.16 Å². The van der Waals surface area contributed by atoms with Crippen molar-refractivity contribution in [2.75, 3.05) is 5.32 Å². The van der Waals surface area contributed by atoms with Crippen LogP contribution >= 0.6 is 11.6 Å². The Labute approximate surface area is 174 Å². The van der Waals surface area contributed by atoms with Gasteiger partial charge in [-0.3, -0.25) is 0 Å². The van der Waals surface area contributed by atoms with Crippen LogP contribution in [-0.2, 0) is 11.4 Å². The lowest BCUT2D eigenvalue weighted by atomic mass is 10.1. The summed E-state index contributed by atoms with van der Waals surface area (Å²) in [5.41, 5.74) is 4.65. The van der Waals surface area contributed by atoms with Gasteiger partial charge in [0.05, 0.1) is 11.2 Å². The summed E-state index contributed by atoms with van der Waals surface area (Å²) >= 11 is 5.89. The zero-order valence-electron chi connectivity index (χ0n) is 15.8. The highest BCUT2D eigenvalue weighted by Gasteiger charge is 2.04. The second-order valence-corrected chi connectivity index (χ2v) is 6.95. The van der Waals surface area contributed by atoms with E-state index in [2.05, 4.69) is 20.4 Å². The number of oxime groups is 1. The molecule has 1 heterocycles. The van der Waals surface area contributed by atoms with E-state index < -0.39 is 0 Å². The normalized spacial score (nSPS) is 11.4. The maximum atomic E-state index is 5.89. The summed E-state index contributed by atoms with van der Waals surface area (Å²) in [6.07, 6.45) is 1.56. The van der Waals surface area contributed by atoms with Crippen LogP contribution in [0.5, 0.6) is 0 Å². The first kappa shape index (κ1) is 18.9. The van der Waals surface area contributed by atoms with Gasteiger partial charge in [-0.05, 0) is 54.4 Å². The number of nitrogens with one attached hydrogen (secondary N) is 1. The van der Waals surface area contributed by atoms with Crippen LogP contribution in [0.4, 0.5) is 11.5 Å². The molecule has 0 radical (unpaired) electrons. The van der Waals surface area contributed by atoms with E-state index >= 15 is 0 Å². The summed E-state index contributed by atoms with van der Waals surface area (Å²) in [5.74, 6) is 0.778. The Hall–Kier alpha value is -3.44. The number of aromatic nitrogens is 2. The fraction of sp³-hybridized carbons (Fsp3) is 0.0870. The molecular formula is C23H19ClN4O. The zero-order valence-corrected chi connectivity index (χ0v) is 16.6. The quantitative estimate of drug-likeness (QED) is 0.319. The first-order valence-electron chi connectivity index (χ1n) is 9.17. The predicted octanol–water partition coefficient (Wildman–Crippen LogP) is 5.97. The average Bonchev–Trinajstić information content (AvgIpc) is 2.76. The van der Waals surface area contributed by atoms with Crippen LogP contribution in [0, 0.1) is 0 Å².